The number of rotatable bonds is 4. The molecule has 0 atom stereocenters. The second-order valence-electron chi connectivity index (χ2n) is 4.53. The first kappa shape index (κ1) is 13.5. The summed E-state index contributed by atoms with van der Waals surface area (Å²) in [5.74, 6) is -2.84. The zero-order chi connectivity index (χ0) is 13.8. The average Bonchev–Trinajstić information content (AvgIpc) is 2.41. The molecule has 2 nitrogen and oxygen atoms in total. The van der Waals surface area contributed by atoms with E-state index < -0.39 is 17.4 Å². The molecule has 0 aliphatic heterocycles. The van der Waals surface area contributed by atoms with Gasteiger partial charge in [-0.3, -0.25) is 4.90 Å². The first-order valence-corrected chi connectivity index (χ1v) is 5.96. The van der Waals surface area contributed by atoms with E-state index in [1.807, 2.05) is 42.3 Å². The number of phenolic OH excluding ortho intramolecular Hbond substituents is 1. The van der Waals surface area contributed by atoms with Gasteiger partial charge in [-0.05, 0) is 18.7 Å². The highest BCUT2D eigenvalue weighted by Gasteiger charge is 2.13. The Morgan fingerprint density at radius 1 is 1.00 bits per heavy atom. The molecule has 0 unspecified atom stereocenters. The monoisotopic (exact) mass is 263 g/mol. The largest absolute Gasteiger partial charge is 0.505 e. The Hall–Kier alpha value is -1.94. The smallest absolute Gasteiger partial charge is 0.200 e. The van der Waals surface area contributed by atoms with Gasteiger partial charge in [0, 0.05) is 18.7 Å². The number of aromatic hydroxyl groups is 1. The summed E-state index contributed by atoms with van der Waals surface area (Å²) in [4.78, 5) is 1.92. The molecule has 1 N–H and O–H groups in total. The second-order valence-corrected chi connectivity index (χ2v) is 4.53. The standard InChI is InChI=1S/C15H15F2NO/c1-18(9-11-5-3-2-4-6-11)10-12-7-8-13(16)14(17)15(12)19/h2-8,19H,9-10H2,1H3. The number of benzene rings is 2. The molecule has 0 amide bonds. The number of hydrogen-bond acceptors (Lipinski definition) is 2. The molecule has 0 saturated carbocycles. The number of phenols is 1. The Morgan fingerprint density at radius 3 is 2.37 bits per heavy atom. The number of nitrogens with zero attached hydrogens (tertiary/aromatic N) is 1. The Labute approximate surface area is 110 Å². The van der Waals surface area contributed by atoms with Crippen molar-refractivity contribution in [2.75, 3.05) is 7.05 Å². The third kappa shape index (κ3) is 3.29. The van der Waals surface area contributed by atoms with E-state index in [-0.39, 0.29) is 0 Å². The van der Waals surface area contributed by atoms with Crippen molar-refractivity contribution in [2.45, 2.75) is 13.1 Å². The molecule has 19 heavy (non-hydrogen) atoms. The Balaban J connectivity index is 2.07. The Morgan fingerprint density at radius 2 is 1.68 bits per heavy atom. The molecule has 0 saturated heterocycles. The highest BCUT2D eigenvalue weighted by Crippen LogP contribution is 2.24. The minimum atomic E-state index is -1.19. The van der Waals surface area contributed by atoms with Crippen LogP contribution in [0.15, 0.2) is 42.5 Å². The molecule has 2 rings (SSSR count). The van der Waals surface area contributed by atoms with Crippen LogP contribution in [0.25, 0.3) is 0 Å². The summed E-state index contributed by atoms with van der Waals surface area (Å²) >= 11 is 0. The highest BCUT2D eigenvalue weighted by atomic mass is 19.2. The van der Waals surface area contributed by atoms with Gasteiger partial charge in [0.2, 0.25) is 5.82 Å². The molecule has 0 fully saturated rings. The first-order valence-electron chi connectivity index (χ1n) is 5.96. The van der Waals surface area contributed by atoms with E-state index in [2.05, 4.69) is 0 Å². The summed E-state index contributed by atoms with van der Waals surface area (Å²) in [6.45, 7) is 1.01. The van der Waals surface area contributed by atoms with E-state index in [0.29, 0.717) is 18.7 Å². The molecule has 4 heteroatoms. The topological polar surface area (TPSA) is 23.5 Å². The van der Waals surface area contributed by atoms with Gasteiger partial charge in [-0.15, -0.1) is 0 Å². The molecule has 2 aromatic rings. The summed E-state index contributed by atoms with van der Waals surface area (Å²) in [5.41, 5.74) is 1.49. The van der Waals surface area contributed by atoms with Gasteiger partial charge in [-0.2, -0.15) is 4.39 Å². The van der Waals surface area contributed by atoms with E-state index >= 15 is 0 Å². The molecular formula is C15H15F2NO. The predicted molar refractivity (Wildman–Crippen MR) is 69.6 cm³/mol. The lowest BCUT2D eigenvalue weighted by Gasteiger charge is -2.17. The van der Waals surface area contributed by atoms with Gasteiger partial charge in [0.25, 0.3) is 0 Å². The molecule has 0 aliphatic rings. The van der Waals surface area contributed by atoms with Crippen molar-refractivity contribution in [2.24, 2.45) is 0 Å². The van der Waals surface area contributed by atoms with Crippen molar-refractivity contribution < 1.29 is 13.9 Å². The van der Waals surface area contributed by atoms with Crippen molar-refractivity contribution in [3.8, 4) is 5.75 Å². The molecule has 0 bridgehead atoms. The van der Waals surface area contributed by atoms with Crippen LogP contribution in [-0.4, -0.2) is 17.1 Å². The predicted octanol–water partition coefficient (Wildman–Crippen LogP) is 3.30. The number of halogens is 2. The lowest BCUT2D eigenvalue weighted by molar-refractivity contribution is 0.308. The van der Waals surface area contributed by atoms with Crippen molar-refractivity contribution in [1.29, 1.82) is 0 Å². The molecule has 2 aromatic carbocycles. The third-order valence-electron chi connectivity index (χ3n) is 2.89. The minimum Gasteiger partial charge on any atom is -0.505 e. The van der Waals surface area contributed by atoms with Crippen LogP contribution in [0.2, 0.25) is 0 Å². The third-order valence-corrected chi connectivity index (χ3v) is 2.89. The molecule has 0 heterocycles. The normalized spacial score (nSPS) is 10.9. The van der Waals surface area contributed by atoms with Gasteiger partial charge in [0.15, 0.2) is 11.6 Å². The van der Waals surface area contributed by atoms with Gasteiger partial charge in [0.1, 0.15) is 0 Å². The molecule has 0 aliphatic carbocycles. The molecule has 0 radical (unpaired) electrons. The first-order chi connectivity index (χ1) is 9.08. The zero-order valence-corrected chi connectivity index (χ0v) is 10.6. The maximum Gasteiger partial charge on any atom is 0.200 e. The fourth-order valence-corrected chi connectivity index (χ4v) is 1.95. The van der Waals surface area contributed by atoms with Gasteiger partial charge in [-0.25, -0.2) is 4.39 Å². The molecular weight excluding hydrogens is 248 g/mol. The quantitative estimate of drug-likeness (QED) is 0.914. The van der Waals surface area contributed by atoms with E-state index in [1.165, 1.54) is 6.07 Å². The van der Waals surface area contributed by atoms with Crippen molar-refractivity contribution in [3.05, 3.63) is 65.2 Å². The maximum atomic E-state index is 13.2. The van der Waals surface area contributed by atoms with Gasteiger partial charge < -0.3 is 5.11 Å². The summed E-state index contributed by atoms with van der Waals surface area (Å²) in [6, 6.07) is 12.2. The summed E-state index contributed by atoms with van der Waals surface area (Å²) in [6.07, 6.45) is 0. The van der Waals surface area contributed by atoms with Crippen LogP contribution in [-0.2, 0) is 13.1 Å². The highest BCUT2D eigenvalue weighted by molar-refractivity contribution is 5.34. The fourth-order valence-electron chi connectivity index (χ4n) is 1.95. The van der Waals surface area contributed by atoms with Crippen LogP contribution >= 0.6 is 0 Å². The summed E-state index contributed by atoms with van der Waals surface area (Å²) in [7, 11) is 1.85. The summed E-state index contributed by atoms with van der Waals surface area (Å²) < 4.78 is 26.1. The second kappa shape index (κ2) is 5.80. The fraction of sp³-hybridized carbons (Fsp3) is 0.200. The Kier molecular flexibility index (Phi) is 4.12. The SMILES string of the molecule is CN(Cc1ccccc1)Cc1ccc(F)c(F)c1O. The van der Waals surface area contributed by atoms with Crippen molar-refractivity contribution in [3.63, 3.8) is 0 Å². The van der Waals surface area contributed by atoms with Crippen LogP contribution in [0, 0.1) is 11.6 Å². The number of hydrogen-bond donors (Lipinski definition) is 1. The lowest BCUT2D eigenvalue weighted by Crippen LogP contribution is -2.17. The van der Waals surface area contributed by atoms with Gasteiger partial charge in [-0.1, -0.05) is 36.4 Å². The van der Waals surface area contributed by atoms with Gasteiger partial charge >= 0.3 is 0 Å². The van der Waals surface area contributed by atoms with E-state index in [9.17, 15) is 13.9 Å². The Bertz CT molecular complexity index is 558. The molecule has 0 spiro atoms. The minimum absolute atomic E-state index is 0.345. The maximum absolute atomic E-state index is 13.2. The van der Waals surface area contributed by atoms with E-state index in [0.717, 1.165) is 11.6 Å². The average molecular weight is 263 g/mol. The molecule has 100 valence electrons. The van der Waals surface area contributed by atoms with Crippen molar-refractivity contribution >= 4 is 0 Å². The van der Waals surface area contributed by atoms with Crippen LogP contribution in [0.3, 0.4) is 0 Å². The molecule has 0 aromatic heterocycles. The zero-order valence-electron chi connectivity index (χ0n) is 10.6. The van der Waals surface area contributed by atoms with Crippen molar-refractivity contribution in [1.82, 2.24) is 4.90 Å². The van der Waals surface area contributed by atoms with Gasteiger partial charge in [0.05, 0.1) is 0 Å². The van der Waals surface area contributed by atoms with Crippen LogP contribution in [0.1, 0.15) is 11.1 Å². The van der Waals surface area contributed by atoms with Crippen LogP contribution in [0.4, 0.5) is 8.78 Å². The van der Waals surface area contributed by atoms with Crippen LogP contribution in [0.5, 0.6) is 5.75 Å². The van der Waals surface area contributed by atoms with Crippen LogP contribution < -0.4 is 0 Å². The van der Waals surface area contributed by atoms with E-state index in [1.54, 1.807) is 0 Å². The van der Waals surface area contributed by atoms with E-state index in [4.69, 9.17) is 0 Å². The summed E-state index contributed by atoms with van der Waals surface area (Å²) in [5, 5.41) is 9.55. The lowest BCUT2D eigenvalue weighted by atomic mass is 10.1.